The van der Waals surface area contributed by atoms with Crippen LogP contribution in [0.1, 0.15) is 12.5 Å². The standard InChI is InChI=1S/C8H12N2O/c1-6-5-10-4-3-8(6)11-7(2)9/h3-5,7H,9H2,1-2H3. The first-order chi connectivity index (χ1) is 5.20. The summed E-state index contributed by atoms with van der Waals surface area (Å²) >= 11 is 0. The number of nitrogens with zero attached hydrogens (tertiary/aromatic N) is 1. The van der Waals surface area contributed by atoms with Gasteiger partial charge in [0.25, 0.3) is 0 Å². The summed E-state index contributed by atoms with van der Waals surface area (Å²) in [5.41, 5.74) is 6.46. The normalized spacial score (nSPS) is 12.6. The van der Waals surface area contributed by atoms with E-state index < -0.39 is 0 Å². The van der Waals surface area contributed by atoms with E-state index in [0.29, 0.717) is 0 Å². The number of aromatic nitrogens is 1. The van der Waals surface area contributed by atoms with Crippen LogP contribution < -0.4 is 10.5 Å². The zero-order chi connectivity index (χ0) is 8.27. The van der Waals surface area contributed by atoms with Gasteiger partial charge in [-0.2, -0.15) is 0 Å². The fourth-order valence-corrected chi connectivity index (χ4v) is 0.793. The fraction of sp³-hybridized carbons (Fsp3) is 0.375. The molecule has 11 heavy (non-hydrogen) atoms. The van der Waals surface area contributed by atoms with Gasteiger partial charge in [-0.3, -0.25) is 10.7 Å². The smallest absolute Gasteiger partial charge is 0.144 e. The molecule has 0 fully saturated rings. The number of hydrogen-bond acceptors (Lipinski definition) is 3. The monoisotopic (exact) mass is 152 g/mol. The minimum absolute atomic E-state index is 0.268. The van der Waals surface area contributed by atoms with Crippen molar-refractivity contribution in [2.75, 3.05) is 0 Å². The molecule has 0 aromatic carbocycles. The zero-order valence-corrected chi connectivity index (χ0v) is 6.74. The maximum absolute atomic E-state index is 5.45. The average Bonchev–Trinajstić information content (AvgIpc) is 1.93. The number of ether oxygens (including phenoxy) is 1. The SMILES string of the molecule is Cc1cnccc1OC(C)N. The van der Waals surface area contributed by atoms with Crippen molar-refractivity contribution in [3.05, 3.63) is 24.0 Å². The molecule has 0 spiro atoms. The summed E-state index contributed by atoms with van der Waals surface area (Å²) in [7, 11) is 0. The Labute approximate surface area is 66.2 Å². The molecule has 2 N–H and O–H groups in total. The zero-order valence-electron chi connectivity index (χ0n) is 6.74. The molecule has 0 aliphatic carbocycles. The van der Waals surface area contributed by atoms with Gasteiger partial charge < -0.3 is 4.74 Å². The number of nitrogens with two attached hydrogens (primary N) is 1. The molecule has 0 aliphatic rings. The first-order valence-corrected chi connectivity index (χ1v) is 3.53. The Kier molecular flexibility index (Phi) is 2.44. The summed E-state index contributed by atoms with van der Waals surface area (Å²) in [6, 6.07) is 1.80. The Morgan fingerprint density at radius 2 is 2.36 bits per heavy atom. The second-order valence-electron chi connectivity index (χ2n) is 2.46. The van der Waals surface area contributed by atoms with E-state index in [9.17, 15) is 0 Å². The molecule has 0 amide bonds. The van der Waals surface area contributed by atoms with Crippen molar-refractivity contribution in [1.29, 1.82) is 0 Å². The molecule has 0 saturated heterocycles. The van der Waals surface area contributed by atoms with E-state index in [0.717, 1.165) is 11.3 Å². The second kappa shape index (κ2) is 3.34. The van der Waals surface area contributed by atoms with Crippen molar-refractivity contribution in [2.24, 2.45) is 5.73 Å². The van der Waals surface area contributed by atoms with Gasteiger partial charge in [0, 0.05) is 18.0 Å². The van der Waals surface area contributed by atoms with Crippen LogP contribution >= 0.6 is 0 Å². The highest BCUT2D eigenvalue weighted by atomic mass is 16.5. The Balaban J connectivity index is 2.78. The third-order valence-corrected chi connectivity index (χ3v) is 1.28. The van der Waals surface area contributed by atoms with Gasteiger partial charge >= 0.3 is 0 Å². The first kappa shape index (κ1) is 8.01. The highest BCUT2D eigenvalue weighted by Crippen LogP contribution is 2.14. The fourth-order valence-electron chi connectivity index (χ4n) is 0.793. The summed E-state index contributed by atoms with van der Waals surface area (Å²) in [4.78, 5) is 3.93. The Morgan fingerprint density at radius 3 is 2.91 bits per heavy atom. The van der Waals surface area contributed by atoms with E-state index in [1.165, 1.54) is 0 Å². The van der Waals surface area contributed by atoms with Gasteiger partial charge in [-0.25, -0.2) is 0 Å². The molecule has 1 heterocycles. The van der Waals surface area contributed by atoms with Crippen LogP contribution in [0.3, 0.4) is 0 Å². The molecule has 0 radical (unpaired) electrons. The van der Waals surface area contributed by atoms with Crippen molar-refractivity contribution in [3.63, 3.8) is 0 Å². The summed E-state index contributed by atoms with van der Waals surface area (Å²) < 4.78 is 5.28. The number of hydrogen-bond donors (Lipinski definition) is 1. The lowest BCUT2D eigenvalue weighted by molar-refractivity contribution is 0.228. The van der Waals surface area contributed by atoms with E-state index >= 15 is 0 Å². The van der Waals surface area contributed by atoms with Crippen LogP contribution in [0.15, 0.2) is 18.5 Å². The molecule has 0 bridgehead atoms. The van der Waals surface area contributed by atoms with Gasteiger partial charge in [-0.15, -0.1) is 0 Å². The third kappa shape index (κ3) is 2.20. The van der Waals surface area contributed by atoms with Crippen LogP contribution in [-0.2, 0) is 0 Å². The van der Waals surface area contributed by atoms with Crippen molar-refractivity contribution in [3.8, 4) is 5.75 Å². The summed E-state index contributed by atoms with van der Waals surface area (Å²) in [5, 5.41) is 0. The van der Waals surface area contributed by atoms with Crippen molar-refractivity contribution in [1.82, 2.24) is 4.98 Å². The van der Waals surface area contributed by atoms with Gasteiger partial charge in [0.15, 0.2) is 0 Å². The molecule has 3 nitrogen and oxygen atoms in total. The van der Waals surface area contributed by atoms with Crippen LogP contribution in [0.5, 0.6) is 5.75 Å². The molecule has 1 atom stereocenters. The lowest BCUT2D eigenvalue weighted by Crippen LogP contribution is -2.22. The molecular weight excluding hydrogens is 140 g/mol. The Morgan fingerprint density at radius 1 is 1.64 bits per heavy atom. The summed E-state index contributed by atoms with van der Waals surface area (Å²) in [6.45, 7) is 3.73. The van der Waals surface area contributed by atoms with Gasteiger partial charge in [-0.05, 0) is 19.9 Å². The van der Waals surface area contributed by atoms with Crippen molar-refractivity contribution in [2.45, 2.75) is 20.1 Å². The summed E-state index contributed by atoms with van der Waals surface area (Å²) in [6.07, 6.45) is 3.17. The van der Waals surface area contributed by atoms with Gasteiger partial charge in [0.1, 0.15) is 12.0 Å². The lowest BCUT2D eigenvalue weighted by atomic mass is 10.3. The van der Waals surface area contributed by atoms with E-state index in [-0.39, 0.29) is 6.23 Å². The highest BCUT2D eigenvalue weighted by Gasteiger charge is 1.99. The second-order valence-corrected chi connectivity index (χ2v) is 2.46. The molecule has 60 valence electrons. The van der Waals surface area contributed by atoms with Gasteiger partial charge in [0.2, 0.25) is 0 Å². The predicted octanol–water partition coefficient (Wildman–Crippen LogP) is 1.07. The molecule has 1 unspecified atom stereocenters. The van der Waals surface area contributed by atoms with Crippen molar-refractivity contribution < 1.29 is 4.74 Å². The Bertz CT molecular complexity index is 235. The minimum atomic E-state index is -0.268. The van der Waals surface area contributed by atoms with Gasteiger partial charge in [0.05, 0.1) is 0 Å². The number of rotatable bonds is 2. The van der Waals surface area contributed by atoms with Gasteiger partial charge in [-0.1, -0.05) is 0 Å². The van der Waals surface area contributed by atoms with Crippen LogP contribution in [0, 0.1) is 6.92 Å². The average molecular weight is 152 g/mol. The van der Waals surface area contributed by atoms with E-state index in [2.05, 4.69) is 4.98 Å². The van der Waals surface area contributed by atoms with Crippen LogP contribution in [0.25, 0.3) is 0 Å². The Hall–Kier alpha value is -1.09. The van der Waals surface area contributed by atoms with Crippen LogP contribution in [-0.4, -0.2) is 11.2 Å². The molecule has 1 aromatic rings. The van der Waals surface area contributed by atoms with Crippen LogP contribution in [0.2, 0.25) is 0 Å². The highest BCUT2D eigenvalue weighted by molar-refractivity contribution is 5.28. The van der Waals surface area contributed by atoms with Crippen LogP contribution in [0.4, 0.5) is 0 Å². The molecule has 1 aromatic heterocycles. The molecule has 3 heteroatoms. The third-order valence-electron chi connectivity index (χ3n) is 1.28. The van der Waals surface area contributed by atoms with E-state index in [1.54, 1.807) is 25.4 Å². The quantitative estimate of drug-likeness (QED) is 0.645. The van der Waals surface area contributed by atoms with E-state index in [1.807, 2.05) is 6.92 Å². The molecular formula is C8H12N2O. The topological polar surface area (TPSA) is 48.1 Å². The molecule has 0 saturated carbocycles. The molecule has 1 rings (SSSR count). The maximum atomic E-state index is 5.45. The lowest BCUT2D eigenvalue weighted by Gasteiger charge is -2.10. The first-order valence-electron chi connectivity index (χ1n) is 3.53. The number of pyridine rings is 1. The molecule has 0 aliphatic heterocycles. The predicted molar refractivity (Wildman–Crippen MR) is 43.3 cm³/mol. The minimum Gasteiger partial charge on any atom is -0.475 e. The summed E-state index contributed by atoms with van der Waals surface area (Å²) in [5.74, 6) is 0.801. The number of aryl methyl sites for hydroxylation is 1. The largest absolute Gasteiger partial charge is 0.475 e. The van der Waals surface area contributed by atoms with Crippen molar-refractivity contribution >= 4 is 0 Å². The maximum Gasteiger partial charge on any atom is 0.144 e. The van der Waals surface area contributed by atoms with E-state index in [4.69, 9.17) is 10.5 Å².